The Labute approximate surface area is 215 Å². The Balaban J connectivity index is 2.49. The van der Waals surface area contributed by atoms with Gasteiger partial charge in [0.25, 0.3) is 5.91 Å². The standard InChI is InChI=1S/C26H34N2O9/c1-7-12-34-22-14-33-13-20(26(31)37-17(4)19(22)9-8-16(2)3)28-25(30)23-24(36-15-35-18(5)29)21(32-6)10-11-27-23/h10-11,13-14,16H,7-9,12,15H2,1-6H3,(H,28,30). The van der Waals surface area contributed by atoms with E-state index in [1.807, 2.05) is 6.92 Å². The second-order valence-corrected chi connectivity index (χ2v) is 8.40. The fourth-order valence-corrected chi connectivity index (χ4v) is 3.10. The highest BCUT2D eigenvalue weighted by Crippen LogP contribution is 2.30. The summed E-state index contributed by atoms with van der Waals surface area (Å²) in [5.74, 6) is -0.0898. The summed E-state index contributed by atoms with van der Waals surface area (Å²) in [4.78, 5) is 41.1. The van der Waals surface area contributed by atoms with Crippen molar-refractivity contribution in [1.29, 1.82) is 0 Å². The van der Waals surface area contributed by atoms with E-state index in [1.54, 1.807) is 6.92 Å². The molecular formula is C26H34N2O9. The number of rotatable bonds is 12. The smallest absolute Gasteiger partial charge is 0.363 e. The number of esters is 1. The van der Waals surface area contributed by atoms with Gasteiger partial charge in [-0.05, 0) is 32.1 Å². The second-order valence-electron chi connectivity index (χ2n) is 8.40. The van der Waals surface area contributed by atoms with Crippen molar-refractivity contribution in [3.05, 3.63) is 52.2 Å². The molecule has 0 aromatic carbocycles. The third-order valence-corrected chi connectivity index (χ3v) is 5.00. The summed E-state index contributed by atoms with van der Waals surface area (Å²) in [5.41, 5.74) is -0.640. The van der Waals surface area contributed by atoms with Crippen LogP contribution in [0.5, 0.6) is 17.2 Å². The highest BCUT2D eigenvalue weighted by atomic mass is 16.7. The predicted octanol–water partition coefficient (Wildman–Crippen LogP) is 4.60. The molecule has 0 aliphatic heterocycles. The Morgan fingerprint density at radius 1 is 1.16 bits per heavy atom. The summed E-state index contributed by atoms with van der Waals surface area (Å²) in [6, 6.07) is 1.46. The molecule has 2 aromatic rings. The zero-order valence-corrected chi connectivity index (χ0v) is 22.0. The number of aromatic nitrogens is 1. The second kappa shape index (κ2) is 14.5. The monoisotopic (exact) mass is 518 g/mol. The molecule has 11 heteroatoms. The van der Waals surface area contributed by atoms with E-state index in [1.165, 1.54) is 32.6 Å². The molecule has 0 atom stereocenters. The number of ether oxygens (including phenoxy) is 4. The van der Waals surface area contributed by atoms with Gasteiger partial charge in [0.2, 0.25) is 6.79 Å². The maximum atomic E-state index is 13.1. The van der Waals surface area contributed by atoms with Gasteiger partial charge in [-0.2, -0.15) is 0 Å². The van der Waals surface area contributed by atoms with Gasteiger partial charge >= 0.3 is 11.6 Å². The Morgan fingerprint density at radius 3 is 2.57 bits per heavy atom. The Kier molecular flexibility index (Phi) is 11.5. The minimum Gasteiger partial charge on any atom is -0.493 e. The van der Waals surface area contributed by atoms with E-state index in [0.717, 1.165) is 19.1 Å². The number of hydrogen-bond acceptors (Lipinski definition) is 10. The van der Waals surface area contributed by atoms with Gasteiger partial charge in [0.15, 0.2) is 28.6 Å². The maximum Gasteiger partial charge on any atom is 0.363 e. The molecule has 37 heavy (non-hydrogen) atoms. The van der Waals surface area contributed by atoms with Gasteiger partial charge in [-0.3, -0.25) is 9.59 Å². The van der Waals surface area contributed by atoms with Crippen molar-refractivity contribution in [2.45, 2.75) is 53.9 Å². The third-order valence-electron chi connectivity index (χ3n) is 5.00. The lowest BCUT2D eigenvalue weighted by atomic mass is 10.0. The number of pyridine rings is 1. The van der Waals surface area contributed by atoms with Crippen molar-refractivity contribution < 1.29 is 37.4 Å². The Bertz CT molecular complexity index is 1180. The number of methoxy groups -OCH3 is 1. The molecule has 0 saturated heterocycles. The minimum absolute atomic E-state index is 0.0797. The average Bonchev–Trinajstić information content (AvgIpc) is 2.89. The van der Waals surface area contributed by atoms with E-state index in [4.69, 9.17) is 27.8 Å². The summed E-state index contributed by atoms with van der Waals surface area (Å²) in [7, 11) is 1.37. The Hall–Kier alpha value is -4.02. The van der Waals surface area contributed by atoms with E-state index >= 15 is 0 Å². The van der Waals surface area contributed by atoms with Crippen LogP contribution in [0.25, 0.3) is 0 Å². The van der Waals surface area contributed by atoms with Crippen LogP contribution in [0.15, 0.2) is 38.4 Å². The van der Waals surface area contributed by atoms with Crippen LogP contribution in [0.3, 0.4) is 0 Å². The van der Waals surface area contributed by atoms with E-state index in [-0.39, 0.29) is 22.9 Å². The zero-order chi connectivity index (χ0) is 27.4. The summed E-state index contributed by atoms with van der Waals surface area (Å²) >= 11 is 0. The average molecular weight is 519 g/mol. The molecular weight excluding hydrogens is 484 g/mol. The summed E-state index contributed by atoms with van der Waals surface area (Å²) in [6.45, 7) is 9.01. The van der Waals surface area contributed by atoms with Gasteiger partial charge in [0, 0.05) is 24.8 Å². The van der Waals surface area contributed by atoms with E-state index in [0.29, 0.717) is 36.0 Å². The molecule has 2 heterocycles. The molecule has 202 valence electrons. The molecule has 1 N–H and O–H groups in total. The first-order valence-electron chi connectivity index (χ1n) is 11.9. The minimum atomic E-state index is -0.844. The van der Waals surface area contributed by atoms with Crippen LogP contribution in [0, 0.1) is 12.8 Å². The van der Waals surface area contributed by atoms with Crippen molar-refractivity contribution in [2.24, 2.45) is 5.92 Å². The van der Waals surface area contributed by atoms with Crippen molar-refractivity contribution in [2.75, 3.05) is 25.8 Å². The molecule has 0 saturated carbocycles. The van der Waals surface area contributed by atoms with E-state index < -0.39 is 24.3 Å². The first-order valence-corrected chi connectivity index (χ1v) is 11.9. The largest absolute Gasteiger partial charge is 0.493 e. The van der Waals surface area contributed by atoms with Gasteiger partial charge in [-0.25, -0.2) is 9.78 Å². The number of carbonyl (C=O) groups excluding carboxylic acids is 2. The predicted molar refractivity (Wildman–Crippen MR) is 135 cm³/mol. The van der Waals surface area contributed by atoms with Crippen LogP contribution in [0.1, 0.15) is 62.3 Å². The summed E-state index contributed by atoms with van der Waals surface area (Å²) < 4.78 is 32.3. The first kappa shape index (κ1) is 29.2. The van der Waals surface area contributed by atoms with Crippen LogP contribution >= 0.6 is 0 Å². The number of nitrogens with one attached hydrogen (secondary N) is 1. The fourth-order valence-electron chi connectivity index (χ4n) is 3.10. The van der Waals surface area contributed by atoms with E-state index in [2.05, 4.69) is 24.1 Å². The van der Waals surface area contributed by atoms with Crippen LogP contribution in [-0.4, -0.2) is 37.4 Å². The van der Waals surface area contributed by atoms with Crippen LogP contribution in [-0.2, 0) is 16.0 Å². The van der Waals surface area contributed by atoms with Crippen LogP contribution < -0.4 is 25.2 Å². The molecule has 0 fully saturated rings. The summed E-state index contributed by atoms with van der Waals surface area (Å²) in [6.07, 6.45) is 5.97. The number of hydrogen-bond donors (Lipinski definition) is 1. The molecule has 0 unspecified atom stereocenters. The van der Waals surface area contributed by atoms with Gasteiger partial charge < -0.3 is 33.1 Å². The van der Waals surface area contributed by atoms with Crippen LogP contribution in [0.4, 0.5) is 5.69 Å². The molecule has 0 aliphatic rings. The number of anilines is 1. The lowest BCUT2D eigenvalue weighted by Gasteiger charge is -2.13. The highest BCUT2D eigenvalue weighted by Gasteiger charge is 2.21. The molecule has 0 spiro atoms. The lowest BCUT2D eigenvalue weighted by Crippen LogP contribution is -2.20. The lowest BCUT2D eigenvalue weighted by molar-refractivity contribution is -0.147. The van der Waals surface area contributed by atoms with Gasteiger partial charge in [-0.1, -0.05) is 20.8 Å². The number of aryl methyl sites for hydroxylation is 1. The maximum absolute atomic E-state index is 13.1. The fraction of sp³-hybridized carbons (Fsp3) is 0.462. The molecule has 0 bridgehead atoms. The number of carbonyl (C=O) groups is 2. The Morgan fingerprint density at radius 2 is 1.92 bits per heavy atom. The molecule has 11 nitrogen and oxygen atoms in total. The molecule has 2 rings (SSSR count). The van der Waals surface area contributed by atoms with Crippen molar-refractivity contribution in [1.82, 2.24) is 4.98 Å². The third kappa shape index (κ3) is 8.85. The summed E-state index contributed by atoms with van der Waals surface area (Å²) in [5, 5.41) is 2.44. The SMILES string of the molecule is CCCOc1cocc(NC(=O)c2nccc(OC)c2OCOC(C)=O)c(=O)oc(C)c1CCC(C)C. The van der Waals surface area contributed by atoms with Gasteiger partial charge in [-0.15, -0.1) is 0 Å². The van der Waals surface area contributed by atoms with Crippen molar-refractivity contribution >= 4 is 17.6 Å². The number of amides is 1. The topological polar surface area (TPSA) is 139 Å². The quantitative estimate of drug-likeness (QED) is 0.313. The normalized spacial score (nSPS) is 10.5. The molecule has 0 aliphatic carbocycles. The van der Waals surface area contributed by atoms with Crippen molar-refractivity contribution in [3.8, 4) is 17.2 Å². The van der Waals surface area contributed by atoms with Crippen molar-refractivity contribution in [3.63, 3.8) is 0 Å². The number of nitrogens with zero attached hydrogens (tertiary/aromatic N) is 1. The van der Waals surface area contributed by atoms with Gasteiger partial charge in [0.1, 0.15) is 18.3 Å². The van der Waals surface area contributed by atoms with Crippen LogP contribution in [0.2, 0.25) is 0 Å². The van der Waals surface area contributed by atoms with E-state index in [9.17, 15) is 14.4 Å². The zero-order valence-electron chi connectivity index (χ0n) is 22.0. The highest BCUT2D eigenvalue weighted by molar-refractivity contribution is 6.05. The van der Waals surface area contributed by atoms with Gasteiger partial charge in [0.05, 0.1) is 13.7 Å². The first-order chi connectivity index (χ1) is 17.7. The molecule has 1 amide bonds. The molecule has 0 radical (unpaired) electrons. The molecule has 2 aromatic heterocycles.